The van der Waals surface area contributed by atoms with Crippen molar-refractivity contribution in [1.82, 2.24) is 0 Å². The summed E-state index contributed by atoms with van der Waals surface area (Å²) < 4.78 is 4.88. The highest BCUT2D eigenvalue weighted by molar-refractivity contribution is 7.14. The third kappa shape index (κ3) is 5.26. The topological polar surface area (TPSA) is 96.3 Å². The van der Waals surface area contributed by atoms with Gasteiger partial charge in [0.25, 0.3) is 5.91 Å². The number of esters is 1. The van der Waals surface area contributed by atoms with Crippen molar-refractivity contribution in [3.05, 3.63) is 51.9 Å². The highest BCUT2D eigenvalue weighted by Crippen LogP contribution is 2.21. The van der Waals surface area contributed by atoms with E-state index in [-0.39, 0.29) is 18.6 Å². The first kappa shape index (κ1) is 19.3. The van der Waals surface area contributed by atoms with Gasteiger partial charge in [0.2, 0.25) is 0 Å². The van der Waals surface area contributed by atoms with Crippen LogP contribution in [0.25, 0.3) is 0 Å². The molecule has 134 valence electrons. The van der Waals surface area contributed by atoms with Crippen molar-refractivity contribution in [2.75, 3.05) is 11.9 Å². The molecule has 1 aromatic carbocycles. The summed E-state index contributed by atoms with van der Waals surface area (Å²) in [5.74, 6) is -1.28. The third-order valence-electron chi connectivity index (χ3n) is 3.65. The van der Waals surface area contributed by atoms with Gasteiger partial charge in [-0.15, -0.1) is 11.3 Å². The number of nitrogens with zero attached hydrogens (tertiary/aromatic N) is 1. The van der Waals surface area contributed by atoms with E-state index in [0.717, 1.165) is 11.1 Å². The Morgan fingerprint density at radius 1 is 1.19 bits per heavy atom. The van der Waals surface area contributed by atoms with Crippen molar-refractivity contribution in [2.24, 2.45) is 0 Å². The van der Waals surface area contributed by atoms with Crippen LogP contribution >= 0.6 is 11.3 Å². The van der Waals surface area contributed by atoms with Crippen molar-refractivity contribution in [1.29, 1.82) is 5.26 Å². The minimum absolute atomic E-state index is 0.0221. The first-order valence-corrected chi connectivity index (χ1v) is 8.82. The number of aryl methyl sites for hydroxylation is 2. The Morgan fingerprint density at radius 2 is 1.96 bits per heavy atom. The maximum absolute atomic E-state index is 12.2. The summed E-state index contributed by atoms with van der Waals surface area (Å²) in [7, 11) is 0. The van der Waals surface area contributed by atoms with Gasteiger partial charge in [0, 0.05) is 12.0 Å². The summed E-state index contributed by atoms with van der Waals surface area (Å²) >= 11 is 1.21. The number of carbonyl (C=O) groups excluding carboxylic acids is 3. The minimum Gasteiger partial charge on any atom is -0.456 e. The molecule has 1 N–H and O–H groups in total. The number of nitriles is 1. The molecule has 2 rings (SSSR count). The van der Waals surface area contributed by atoms with Gasteiger partial charge in [0.15, 0.2) is 12.4 Å². The fraction of sp³-hybridized carbons (Fsp3) is 0.263. The molecular weight excluding hydrogens is 352 g/mol. The zero-order valence-corrected chi connectivity index (χ0v) is 15.3. The van der Waals surface area contributed by atoms with Gasteiger partial charge >= 0.3 is 5.97 Å². The number of anilines is 1. The smallest absolute Gasteiger partial charge is 0.306 e. The first-order valence-electron chi connectivity index (χ1n) is 7.94. The van der Waals surface area contributed by atoms with Crippen LogP contribution in [0.1, 0.15) is 39.9 Å². The fourth-order valence-electron chi connectivity index (χ4n) is 2.26. The van der Waals surface area contributed by atoms with Crippen LogP contribution in [0, 0.1) is 25.2 Å². The molecule has 0 saturated carbocycles. The van der Waals surface area contributed by atoms with Gasteiger partial charge in [0.05, 0.1) is 12.0 Å². The number of amides is 1. The van der Waals surface area contributed by atoms with Gasteiger partial charge in [0.1, 0.15) is 11.1 Å². The monoisotopic (exact) mass is 370 g/mol. The van der Waals surface area contributed by atoms with Crippen molar-refractivity contribution >= 4 is 34.0 Å². The van der Waals surface area contributed by atoms with E-state index < -0.39 is 18.5 Å². The van der Waals surface area contributed by atoms with Gasteiger partial charge in [-0.3, -0.25) is 14.4 Å². The molecule has 7 heteroatoms. The number of ketones is 1. The lowest BCUT2D eigenvalue weighted by atomic mass is 9.99. The number of hydrogen-bond donors (Lipinski definition) is 1. The van der Waals surface area contributed by atoms with Gasteiger partial charge < -0.3 is 10.1 Å². The molecule has 6 nitrogen and oxygen atoms in total. The average molecular weight is 370 g/mol. The van der Waals surface area contributed by atoms with Crippen LogP contribution in [-0.2, 0) is 14.3 Å². The molecule has 0 atom stereocenters. The molecule has 1 aromatic heterocycles. The molecule has 0 aliphatic rings. The molecule has 0 saturated heterocycles. The van der Waals surface area contributed by atoms with Gasteiger partial charge in [-0.05, 0) is 36.9 Å². The van der Waals surface area contributed by atoms with E-state index >= 15 is 0 Å². The zero-order chi connectivity index (χ0) is 19.1. The third-order valence-corrected chi connectivity index (χ3v) is 4.48. The Kier molecular flexibility index (Phi) is 6.64. The lowest BCUT2D eigenvalue weighted by Gasteiger charge is -2.07. The largest absolute Gasteiger partial charge is 0.456 e. The Hall–Kier alpha value is -2.98. The first-order chi connectivity index (χ1) is 12.4. The Bertz CT molecular complexity index is 880. The molecule has 2 aromatic rings. The van der Waals surface area contributed by atoms with Crippen LogP contribution in [0.15, 0.2) is 29.6 Å². The van der Waals surface area contributed by atoms with Crippen LogP contribution in [0.4, 0.5) is 5.00 Å². The number of benzene rings is 1. The zero-order valence-electron chi connectivity index (χ0n) is 14.5. The predicted octanol–water partition coefficient (Wildman–Crippen LogP) is 3.38. The standard InChI is InChI=1S/C19H18N2O4S/c1-12-3-4-13(2)15(9-12)16(22)5-6-18(24)25-11-17(23)21-19-14(10-20)7-8-26-19/h3-4,7-9H,5-6,11H2,1-2H3,(H,21,23). The summed E-state index contributed by atoms with van der Waals surface area (Å²) in [6.07, 6.45) is -0.0732. The second-order valence-corrected chi connectivity index (χ2v) is 6.64. The van der Waals surface area contributed by atoms with E-state index in [1.165, 1.54) is 11.3 Å². The van der Waals surface area contributed by atoms with E-state index in [1.807, 2.05) is 32.0 Å². The maximum Gasteiger partial charge on any atom is 0.306 e. The second-order valence-electron chi connectivity index (χ2n) is 5.73. The lowest BCUT2D eigenvalue weighted by molar-refractivity contribution is -0.147. The molecular formula is C19H18N2O4S. The number of ether oxygens (including phenoxy) is 1. The maximum atomic E-state index is 12.2. The van der Waals surface area contributed by atoms with E-state index in [9.17, 15) is 14.4 Å². The normalized spacial score (nSPS) is 10.0. The molecule has 1 amide bonds. The average Bonchev–Trinajstić information content (AvgIpc) is 3.07. The summed E-state index contributed by atoms with van der Waals surface area (Å²) in [5.41, 5.74) is 2.78. The molecule has 0 aliphatic heterocycles. The van der Waals surface area contributed by atoms with Crippen LogP contribution in [0.3, 0.4) is 0 Å². The summed E-state index contributed by atoms with van der Waals surface area (Å²) in [6.45, 7) is 3.28. The quantitative estimate of drug-likeness (QED) is 0.595. The fourth-order valence-corrected chi connectivity index (χ4v) is 3.02. The molecule has 0 fully saturated rings. The van der Waals surface area contributed by atoms with Gasteiger partial charge in [-0.2, -0.15) is 5.26 Å². The van der Waals surface area contributed by atoms with E-state index in [1.54, 1.807) is 17.5 Å². The SMILES string of the molecule is Cc1ccc(C)c(C(=O)CCC(=O)OCC(=O)Nc2sccc2C#N)c1. The summed E-state index contributed by atoms with van der Waals surface area (Å²) in [5, 5.41) is 13.5. The molecule has 0 aliphatic carbocycles. The Morgan fingerprint density at radius 3 is 2.69 bits per heavy atom. The molecule has 0 unspecified atom stereocenters. The van der Waals surface area contributed by atoms with Crippen molar-refractivity contribution in [3.63, 3.8) is 0 Å². The number of nitrogens with one attached hydrogen (secondary N) is 1. The number of Topliss-reactive ketones (excluding diaryl/α,β-unsaturated/α-hetero) is 1. The second kappa shape index (κ2) is 8.92. The van der Waals surface area contributed by atoms with E-state index in [2.05, 4.69) is 5.32 Å². The van der Waals surface area contributed by atoms with Crippen LogP contribution in [0.2, 0.25) is 0 Å². The van der Waals surface area contributed by atoms with E-state index in [0.29, 0.717) is 16.1 Å². The number of thiophene rings is 1. The number of rotatable bonds is 7. The Labute approximate surface area is 155 Å². The van der Waals surface area contributed by atoms with Gasteiger partial charge in [-0.25, -0.2) is 0 Å². The molecule has 0 radical (unpaired) electrons. The predicted molar refractivity (Wildman–Crippen MR) is 98.1 cm³/mol. The lowest BCUT2D eigenvalue weighted by Crippen LogP contribution is -2.21. The highest BCUT2D eigenvalue weighted by Gasteiger charge is 2.14. The van der Waals surface area contributed by atoms with Gasteiger partial charge in [-0.1, -0.05) is 17.7 Å². The Balaban J connectivity index is 1.78. The van der Waals surface area contributed by atoms with Crippen molar-refractivity contribution < 1.29 is 19.1 Å². The van der Waals surface area contributed by atoms with Crippen LogP contribution in [-0.4, -0.2) is 24.3 Å². The summed E-state index contributed by atoms with van der Waals surface area (Å²) in [6, 6.07) is 9.12. The minimum atomic E-state index is -0.620. The number of hydrogen-bond acceptors (Lipinski definition) is 6. The van der Waals surface area contributed by atoms with E-state index in [4.69, 9.17) is 10.00 Å². The highest BCUT2D eigenvalue weighted by atomic mass is 32.1. The van der Waals surface area contributed by atoms with Crippen molar-refractivity contribution in [3.8, 4) is 6.07 Å². The van der Waals surface area contributed by atoms with Crippen LogP contribution < -0.4 is 5.32 Å². The van der Waals surface area contributed by atoms with Crippen molar-refractivity contribution in [2.45, 2.75) is 26.7 Å². The summed E-state index contributed by atoms with van der Waals surface area (Å²) in [4.78, 5) is 35.7. The molecule has 0 bridgehead atoms. The molecule has 26 heavy (non-hydrogen) atoms. The van der Waals surface area contributed by atoms with Crippen LogP contribution in [0.5, 0.6) is 0 Å². The molecule has 1 heterocycles. The number of carbonyl (C=O) groups is 3. The molecule has 0 spiro atoms.